The summed E-state index contributed by atoms with van der Waals surface area (Å²) in [7, 11) is 0. The number of benzene rings is 1. The lowest BCUT2D eigenvalue weighted by atomic mass is 10.1. The van der Waals surface area contributed by atoms with Crippen LogP contribution < -0.4 is 5.32 Å². The topological polar surface area (TPSA) is 80.1 Å². The van der Waals surface area contributed by atoms with E-state index in [0.29, 0.717) is 40.9 Å². The lowest BCUT2D eigenvalue weighted by Crippen LogP contribution is -2.30. The molecule has 4 rings (SSSR count). The van der Waals surface area contributed by atoms with E-state index in [4.69, 9.17) is 4.98 Å². The maximum Gasteiger partial charge on any atom is 0.256 e. The Bertz CT molecular complexity index is 1270. The molecule has 0 aliphatic carbocycles. The van der Waals surface area contributed by atoms with Crippen molar-refractivity contribution in [3.05, 3.63) is 65.2 Å². The number of carbonyl (C=O) groups is 2. The van der Waals surface area contributed by atoms with Crippen molar-refractivity contribution in [1.29, 1.82) is 0 Å². The van der Waals surface area contributed by atoms with Crippen molar-refractivity contribution in [2.24, 2.45) is 0 Å². The van der Waals surface area contributed by atoms with E-state index in [0.717, 1.165) is 10.6 Å². The fraction of sp³-hybridized carbons (Fsp3) is 0.280. The minimum Gasteiger partial charge on any atom is -0.339 e. The van der Waals surface area contributed by atoms with Crippen LogP contribution in [0.1, 0.15) is 54.5 Å². The lowest BCUT2D eigenvalue weighted by Gasteiger charge is -2.18. The fourth-order valence-corrected chi connectivity index (χ4v) is 4.41. The van der Waals surface area contributed by atoms with Crippen LogP contribution in [0.3, 0.4) is 0 Å². The second-order valence-corrected chi connectivity index (χ2v) is 8.91. The second kappa shape index (κ2) is 9.54. The van der Waals surface area contributed by atoms with Gasteiger partial charge in [-0.2, -0.15) is 5.10 Å². The van der Waals surface area contributed by atoms with Gasteiger partial charge in [-0.3, -0.25) is 9.59 Å². The second-order valence-electron chi connectivity index (χ2n) is 7.96. The number of hydrogen-bond donors (Lipinski definition) is 1. The molecule has 0 radical (unpaired) electrons. The van der Waals surface area contributed by atoms with E-state index < -0.39 is 0 Å². The van der Waals surface area contributed by atoms with E-state index in [9.17, 15) is 9.59 Å². The predicted octanol–water partition coefficient (Wildman–Crippen LogP) is 5.48. The van der Waals surface area contributed by atoms with Crippen molar-refractivity contribution < 1.29 is 9.59 Å². The summed E-state index contributed by atoms with van der Waals surface area (Å²) in [4.78, 5) is 33.4. The molecule has 0 unspecified atom stereocenters. The monoisotopic (exact) mass is 461 g/mol. The highest BCUT2D eigenvalue weighted by Gasteiger charge is 2.19. The van der Waals surface area contributed by atoms with E-state index in [2.05, 4.69) is 10.4 Å². The zero-order valence-corrected chi connectivity index (χ0v) is 20.0. The Morgan fingerprint density at radius 1 is 1.12 bits per heavy atom. The molecular weight excluding hydrogens is 434 g/mol. The summed E-state index contributed by atoms with van der Waals surface area (Å²) in [5.41, 5.74) is 3.15. The van der Waals surface area contributed by atoms with Gasteiger partial charge in [0.15, 0.2) is 5.65 Å². The number of thiophene rings is 1. The molecule has 1 N–H and O–H groups in total. The van der Waals surface area contributed by atoms with E-state index in [1.54, 1.807) is 46.7 Å². The Labute approximate surface area is 197 Å². The van der Waals surface area contributed by atoms with Crippen molar-refractivity contribution in [2.75, 3.05) is 18.4 Å². The molecule has 170 valence electrons. The summed E-state index contributed by atoms with van der Waals surface area (Å²) in [6.07, 6.45) is 1.70. The minimum absolute atomic E-state index is 0.0181. The van der Waals surface area contributed by atoms with Gasteiger partial charge in [0.05, 0.1) is 27.7 Å². The van der Waals surface area contributed by atoms with Crippen LogP contribution in [0.15, 0.2) is 54.0 Å². The van der Waals surface area contributed by atoms with Crippen molar-refractivity contribution in [2.45, 2.75) is 33.7 Å². The number of nitrogens with zero attached hydrogens (tertiary/aromatic N) is 4. The van der Waals surface area contributed by atoms with E-state index in [1.807, 2.05) is 56.0 Å². The number of pyridine rings is 1. The predicted molar refractivity (Wildman–Crippen MR) is 133 cm³/mol. The number of amides is 2. The lowest BCUT2D eigenvalue weighted by molar-refractivity contribution is 0.0773. The molecule has 7 nitrogen and oxygen atoms in total. The largest absolute Gasteiger partial charge is 0.339 e. The van der Waals surface area contributed by atoms with Gasteiger partial charge in [-0.15, -0.1) is 11.3 Å². The molecule has 0 fully saturated rings. The first-order chi connectivity index (χ1) is 15.9. The third kappa shape index (κ3) is 4.52. The van der Waals surface area contributed by atoms with Gasteiger partial charge in [0.2, 0.25) is 0 Å². The summed E-state index contributed by atoms with van der Waals surface area (Å²) in [6.45, 7) is 9.29. The number of nitrogens with one attached hydrogen (secondary N) is 1. The molecule has 3 aromatic heterocycles. The summed E-state index contributed by atoms with van der Waals surface area (Å²) in [5, 5.41) is 10.1. The van der Waals surface area contributed by atoms with Crippen molar-refractivity contribution in [3.63, 3.8) is 0 Å². The van der Waals surface area contributed by atoms with Crippen LogP contribution in [0.5, 0.6) is 0 Å². The minimum atomic E-state index is -0.244. The summed E-state index contributed by atoms with van der Waals surface area (Å²) < 4.78 is 1.83. The molecule has 4 aromatic rings. The quantitative estimate of drug-likeness (QED) is 0.395. The number of hydrogen-bond acceptors (Lipinski definition) is 5. The highest BCUT2D eigenvalue weighted by Crippen LogP contribution is 2.29. The maximum atomic E-state index is 13.3. The molecule has 0 spiro atoms. The molecule has 1 aromatic carbocycles. The number of fused-ring (bicyclic) bond motifs is 1. The summed E-state index contributed by atoms with van der Waals surface area (Å²) >= 11 is 1.58. The molecule has 8 heteroatoms. The van der Waals surface area contributed by atoms with Gasteiger partial charge in [-0.25, -0.2) is 9.67 Å². The van der Waals surface area contributed by atoms with E-state index in [-0.39, 0.29) is 17.9 Å². The van der Waals surface area contributed by atoms with E-state index >= 15 is 0 Å². The first kappa shape index (κ1) is 22.7. The number of carbonyl (C=O) groups excluding carboxylic acids is 2. The summed E-state index contributed by atoms with van der Waals surface area (Å²) in [6, 6.07) is 12.9. The van der Waals surface area contributed by atoms with Gasteiger partial charge in [0.25, 0.3) is 11.8 Å². The molecule has 2 amide bonds. The molecule has 0 atom stereocenters. The average Bonchev–Trinajstić information content (AvgIpc) is 3.50. The van der Waals surface area contributed by atoms with Gasteiger partial charge in [0, 0.05) is 30.4 Å². The molecule has 0 aliphatic heterocycles. The zero-order chi connectivity index (χ0) is 23.5. The summed E-state index contributed by atoms with van der Waals surface area (Å²) in [5.74, 6) is -0.262. The number of rotatable bonds is 7. The Morgan fingerprint density at radius 3 is 2.45 bits per heavy atom. The highest BCUT2D eigenvalue weighted by molar-refractivity contribution is 7.13. The molecule has 0 bridgehead atoms. The Morgan fingerprint density at radius 2 is 1.85 bits per heavy atom. The van der Waals surface area contributed by atoms with Crippen molar-refractivity contribution >= 4 is 39.9 Å². The number of anilines is 1. The molecule has 0 saturated carbocycles. The normalized spacial score (nSPS) is 11.2. The highest BCUT2D eigenvalue weighted by atomic mass is 32.1. The van der Waals surface area contributed by atoms with Gasteiger partial charge in [-0.1, -0.05) is 6.07 Å². The van der Waals surface area contributed by atoms with Crippen molar-refractivity contribution in [1.82, 2.24) is 19.7 Å². The molecule has 0 aliphatic rings. The standard InChI is InChI=1S/C25H27N5O2S/c1-5-29(6-2)25(32)17-9-11-18(12-10-17)27-24(31)19-14-21(22-8-7-13-33-22)28-23-20(19)15-26-30(23)16(3)4/h7-16H,5-6H2,1-4H3,(H,27,31). The number of aromatic nitrogens is 3. The first-order valence-electron chi connectivity index (χ1n) is 11.1. The maximum absolute atomic E-state index is 13.3. The zero-order valence-electron chi connectivity index (χ0n) is 19.2. The Balaban J connectivity index is 1.66. The Kier molecular flexibility index (Phi) is 6.55. The van der Waals surface area contributed by atoms with Crippen molar-refractivity contribution in [3.8, 4) is 10.6 Å². The third-order valence-electron chi connectivity index (χ3n) is 5.51. The Hall–Kier alpha value is -3.52. The van der Waals surface area contributed by atoms with Crippen LogP contribution in [-0.2, 0) is 0 Å². The average molecular weight is 462 g/mol. The van der Waals surface area contributed by atoms with Gasteiger partial charge in [0.1, 0.15) is 0 Å². The SMILES string of the molecule is CCN(CC)C(=O)c1ccc(NC(=O)c2cc(-c3cccs3)nc3c2cnn3C(C)C)cc1. The van der Waals surface area contributed by atoms with Crippen LogP contribution in [0.2, 0.25) is 0 Å². The first-order valence-corrected chi connectivity index (χ1v) is 11.9. The molecule has 33 heavy (non-hydrogen) atoms. The van der Waals surface area contributed by atoms with Gasteiger partial charge < -0.3 is 10.2 Å². The van der Waals surface area contributed by atoms with Crippen LogP contribution in [0.25, 0.3) is 21.6 Å². The van der Waals surface area contributed by atoms with Gasteiger partial charge >= 0.3 is 0 Å². The van der Waals surface area contributed by atoms with Gasteiger partial charge in [-0.05, 0) is 69.5 Å². The third-order valence-corrected chi connectivity index (χ3v) is 6.41. The van der Waals surface area contributed by atoms with Crippen LogP contribution in [0.4, 0.5) is 5.69 Å². The smallest absolute Gasteiger partial charge is 0.256 e. The molecule has 0 saturated heterocycles. The van der Waals surface area contributed by atoms with Crippen LogP contribution >= 0.6 is 11.3 Å². The van der Waals surface area contributed by atoms with Crippen LogP contribution in [0, 0.1) is 0 Å². The fourth-order valence-electron chi connectivity index (χ4n) is 3.72. The van der Waals surface area contributed by atoms with Crippen LogP contribution in [-0.4, -0.2) is 44.6 Å². The molecule has 3 heterocycles. The van der Waals surface area contributed by atoms with E-state index in [1.165, 1.54) is 0 Å². The molecular formula is C25H27N5O2S.